The number of nitrogens with zero attached hydrogens (tertiary/aromatic N) is 2. The van der Waals surface area contributed by atoms with Crippen molar-refractivity contribution >= 4 is 17.4 Å². The number of anilines is 1. The Kier molecular flexibility index (Phi) is 5.30. The normalized spacial score (nSPS) is 12.4. The minimum absolute atomic E-state index is 0.598. The van der Waals surface area contributed by atoms with Crippen LogP contribution in [-0.2, 0) is 0 Å². The van der Waals surface area contributed by atoms with Crippen molar-refractivity contribution in [1.29, 1.82) is 0 Å². The van der Waals surface area contributed by atoms with Gasteiger partial charge in [0, 0.05) is 24.8 Å². The van der Waals surface area contributed by atoms with E-state index in [0.717, 1.165) is 31.1 Å². The van der Waals surface area contributed by atoms with Gasteiger partial charge < -0.3 is 5.32 Å². The van der Waals surface area contributed by atoms with E-state index < -0.39 is 0 Å². The van der Waals surface area contributed by atoms with E-state index >= 15 is 0 Å². The first kappa shape index (κ1) is 11.2. The largest absolute Gasteiger partial charge is 0.369 e. The highest BCUT2D eigenvalue weighted by atomic mass is 35.5. The zero-order valence-corrected chi connectivity index (χ0v) is 9.17. The molecule has 4 heteroatoms. The van der Waals surface area contributed by atoms with Crippen LogP contribution in [0.2, 0.25) is 0 Å². The smallest absolute Gasteiger partial charge is 0.144 e. The van der Waals surface area contributed by atoms with Gasteiger partial charge in [0.05, 0.1) is 6.20 Å². The van der Waals surface area contributed by atoms with Crippen molar-refractivity contribution in [1.82, 2.24) is 9.97 Å². The van der Waals surface area contributed by atoms with E-state index in [4.69, 9.17) is 11.6 Å². The van der Waals surface area contributed by atoms with Crippen LogP contribution in [0.5, 0.6) is 0 Å². The molecular weight excluding hydrogens is 198 g/mol. The lowest BCUT2D eigenvalue weighted by molar-refractivity contribution is 0.572. The molecule has 0 amide bonds. The Morgan fingerprint density at radius 2 is 2.36 bits per heavy atom. The maximum atomic E-state index is 5.71. The lowest BCUT2D eigenvalue weighted by atomic mass is 10.1. The maximum absolute atomic E-state index is 5.71. The monoisotopic (exact) mass is 213 g/mol. The Morgan fingerprint density at radius 3 is 3.00 bits per heavy atom. The average molecular weight is 214 g/mol. The van der Waals surface area contributed by atoms with Crippen LogP contribution in [0.3, 0.4) is 0 Å². The van der Waals surface area contributed by atoms with Crippen LogP contribution in [0.15, 0.2) is 18.6 Å². The standard InChI is InChI=1S/C10H16ClN3/c1-9(7-11)3-2-4-13-10-8-12-5-6-14-10/h5-6,8-9H,2-4,7H2,1H3,(H,13,14). The third kappa shape index (κ3) is 4.42. The predicted octanol–water partition coefficient (Wildman–Crippen LogP) is 2.54. The topological polar surface area (TPSA) is 37.8 Å². The van der Waals surface area contributed by atoms with Gasteiger partial charge in [0.25, 0.3) is 0 Å². The fraction of sp³-hybridized carbons (Fsp3) is 0.600. The number of hydrogen-bond acceptors (Lipinski definition) is 3. The first-order valence-electron chi connectivity index (χ1n) is 4.88. The van der Waals surface area contributed by atoms with Crippen molar-refractivity contribution in [3.8, 4) is 0 Å². The molecule has 1 aromatic heterocycles. The second kappa shape index (κ2) is 6.60. The van der Waals surface area contributed by atoms with Gasteiger partial charge in [-0.1, -0.05) is 6.92 Å². The average Bonchev–Trinajstić information content (AvgIpc) is 2.25. The molecule has 0 bridgehead atoms. The Balaban J connectivity index is 2.10. The molecule has 0 spiro atoms. The molecule has 1 unspecified atom stereocenters. The zero-order chi connectivity index (χ0) is 10.2. The van der Waals surface area contributed by atoms with Gasteiger partial charge >= 0.3 is 0 Å². The highest BCUT2D eigenvalue weighted by Crippen LogP contribution is 2.07. The van der Waals surface area contributed by atoms with Crippen LogP contribution in [0.25, 0.3) is 0 Å². The lowest BCUT2D eigenvalue weighted by Gasteiger charge is -2.07. The molecule has 1 atom stereocenters. The molecule has 0 aliphatic heterocycles. The van der Waals surface area contributed by atoms with Gasteiger partial charge in [-0.2, -0.15) is 0 Å². The SMILES string of the molecule is CC(CCl)CCCNc1cnccn1. The van der Waals surface area contributed by atoms with Gasteiger partial charge in [-0.05, 0) is 18.8 Å². The first-order valence-corrected chi connectivity index (χ1v) is 5.42. The Bertz CT molecular complexity index is 240. The summed E-state index contributed by atoms with van der Waals surface area (Å²) < 4.78 is 0. The number of nitrogens with one attached hydrogen (secondary N) is 1. The third-order valence-corrected chi connectivity index (χ3v) is 2.53. The van der Waals surface area contributed by atoms with Gasteiger partial charge in [0.2, 0.25) is 0 Å². The number of aromatic nitrogens is 2. The van der Waals surface area contributed by atoms with Gasteiger partial charge in [0.1, 0.15) is 5.82 Å². The molecule has 14 heavy (non-hydrogen) atoms. The fourth-order valence-corrected chi connectivity index (χ4v) is 1.29. The molecule has 0 radical (unpaired) electrons. The summed E-state index contributed by atoms with van der Waals surface area (Å²) >= 11 is 5.71. The van der Waals surface area contributed by atoms with Crippen LogP contribution in [0.1, 0.15) is 19.8 Å². The van der Waals surface area contributed by atoms with Crippen molar-refractivity contribution in [3.63, 3.8) is 0 Å². The van der Waals surface area contributed by atoms with E-state index in [1.807, 2.05) is 0 Å². The van der Waals surface area contributed by atoms with E-state index in [-0.39, 0.29) is 0 Å². The highest BCUT2D eigenvalue weighted by Gasteiger charge is 1.99. The van der Waals surface area contributed by atoms with E-state index in [1.54, 1.807) is 18.6 Å². The molecule has 1 rings (SSSR count). The summed E-state index contributed by atoms with van der Waals surface area (Å²) in [5.74, 6) is 2.18. The van der Waals surface area contributed by atoms with Crippen LogP contribution in [-0.4, -0.2) is 22.4 Å². The zero-order valence-electron chi connectivity index (χ0n) is 8.41. The van der Waals surface area contributed by atoms with E-state index in [0.29, 0.717) is 5.92 Å². The number of rotatable bonds is 6. The molecule has 1 N–H and O–H groups in total. The quantitative estimate of drug-likeness (QED) is 0.583. The van der Waals surface area contributed by atoms with Crippen molar-refractivity contribution in [2.45, 2.75) is 19.8 Å². The molecule has 0 saturated heterocycles. The number of halogens is 1. The Morgan fingerprint density at radius 1 is 1.50 bits per heavy atom. The summed E-state index contributed by atoms with van der Waals surface area (Å²) in [4.78, 5) is 8.08. The summed E-state index contributed by atoms with van der Waals surface area (Å²) in [6.45, 7) is 3.09. The summed E-state index contributed by atoms with van der Waals surface area (Å²) in [6, 6.07) is 0. The molecule has 3 nitrogen and oxygen atoms in total. The van der Waals surface area contributed by atoms with E-state index in [1.165, 1.54) is 0 Å². The van der Waals surface area contributed by atoms with Gasteiger partial charge in [-0.15, -0.1) is 11.6 Å². The third-order valence-electron chi connectivity index (χ3n) is 2.01. The molecule has 78 valence electrons. The van der Waals surface area contributed by atoms with Crippen molar-refractivity contribution in [2.75, 3.05) is 17.7 Å². The van der Waals surface area contributed by atoms with Crippen molar-refractivity contribution in [3.05, 3.63) is 18.6 Å². The summed E-state index contributed by atoms with van der Waals surface area (Å²) in [5.41, 5.74) is 0. The van der Waals surface area contributed by atoms with Crippen LogP contribution >= 0.6 is 11.6 Å². The number of hydrogen-bond donors (Lipinski definition) is 1. The van der Waals surface area contributed by atoms with Crippen molar-refractivity contribution < 1.29 is 0 Å². The summed E-state index contributed by atoms with van der Waals surface area (Å²) in [7, 11) is 0. The Labute approximate surface area is 89.9 Å². The minimum atomic E-state index is 0.598. The van der Waals surface area contributed by atoms with Crippen molar-refractivity contribution in [2.24, 2.45) is 5.92 Å². The molecular formula is C10H16ClN3. The molecule has 1 heterocycles. The first-order chi connectivity index (χ1) is 6.83. The maximum Gasteiger partial charge on any atom is 0.144 e. The molecule has 1 aromatic rings. The van der Waals surface area contributed by atoms with Crippen LogP contribution in [0, 0.1) is 5.92 Å². The summed E-state index contributed by atoms with van der Waals surface area (Å²) in [6.07, 6.45) is 7.34. The fourth-order valence-electron chi connectivity index (χ4n) is 1.13. The minimum Gasteiger partial charge on any atom is -0.369 e. The second-order valence-electron chi connectivity index (χ2n) is 3.42. The highest BCUT2D eigenvalue weighted by molar-refractivity contribution is 6.18. The molecule has 0 aromatic carbocycles. The molecule has 0 aliphatic rings. The Hall–Kier alpha value is -0.830. The second-order valence-corrected chi connectivity index (χ2v) is 3.73. The van der Waals surface area contributed by atoms with Crippen LogP contribution < -0.4 is 5.32 Å². The molecule has 0 fully saturated rings. The summed E-state index contributed by atoms with van der Waals surface area (Å²) in [5, 5.41) is 3.21. The number of alkyl halides is 1. The predicted molar refractivity (Wildman–Crippen MR) is 59.6 cm³/mol. The van der Waals surface area contributed by atoms with Gasteiger partial charge in [0.15, 0.2) is 0 Å². The van der Waals surface area contributed by atoms with E-state index in [2.05, 4.69) is 22.2 Å². The van der Waals surface area contributed by atoms with Crippen LogP contribution in [0.4, 0.5) is 5.82 Å². The molecule has 0 saturated carbocycles. The molecule has 0 aliphatic carbocycles. The van der Waals surface area contributed by atoms with Gasteiger partial charge in [-0.3, -0.25) is 4.98 Å². The van der Waals surface area contributed by atoms with Gasteiger partial charge in [-0.25, -0.2) is 4.98 Å². The van der Waals surface area contributed by atoms with E-state index in [9.17, 15) is 0 Å². The lowest BCUT2D eigenvalue weighted by Crippen LogP contribution is -2.06.